The van der Waals surface area contributed by atoms with Gasteiger partial charge in [0.1, 0.15) is 0 Å². The molecule has 0 saturated heterocycles. The Morgan fingerprint density at radius 1 is 1.31 bits per heavy atom. The number of nitro benzene ring substituents is 1. The van der Waals surface area contributed by atoms with Crippen LogP contribution in [0.1, 0.15) is 28.5 Å². The maximum Gasteiger partial charge on any atom is 0.340 e. The third-order valence-corrected chi connectivity index (χ3v) is 7.12. The molecule has 0 fully saturated rings. The highest BCUT2D eigenvalue weighted by molar-refractivity contribution is 8.01. The maximum absolute atomic E-state index is 12.8. The van der Waals surface area contributed by atoms with Crippen molar-refractivity contribution < 1.29 is 19.2 Å². The highest BCUT2D eigenvalue weighted by Gasteiger charge is 2.31. The first-order valence-corrected chi connectivity index (χ1v) is 11.5. The predicted molar refractivity (Wildman–Crippen MR) is 121 cm³/mol. The number of thiazole rings is 1. The molecular weight excluding hydrogens is 450 g/mol. The zero-order chi connectivity index (χ0) is 22.8. The van der Waals surface area contributed by atoms with Gasteiger partial charge in [-0.15, -0.1) is 11.3 Å². The number of para-hydroxylation sites is 1. The van der Waals surface area contributed by atoms with Gasteiger partial charge in [-0.3, -0.25) is 14.9 Å². The number of non-ortho nitro benzene ring substituents is 1. The summed E-state index contributed by atoms with van der Waals surface area (Å²) in [6.45, 7) is 3.33. The highest BCUT2D eigenvalue weighted by atomic mass is 32.2. The Kier molecular flexibility index (Phi) is 6.24. The molecule has 1 aromatic heterocycles. The quantitative estimate of drug-likeness (QED) is 0.294. The number of anilines is 1. The van der Waals surface area contributed by atoms with Gasteiger partial charge >= 0.3 is 5.97 Å². The van der Waals surface area contributed by atoms with E-state index in [4.69, 9.17) is 4.74 Å². The van der Waals surface area contributed by atoms with E-state index in [9.17, 15) is 19.7 Å². The van der Waals surface area contributed by atoms with Crippen LogP contribution < -0.4 is 4.90 Å². The minimum absolute atomic E-state index is 0.0275. The number of hydrogen-bond donors (Lipinski definition) is 0. The largest absolute Gasteiger partial charge is 0.452 e. The smallest absolute Gasteiger partial charge is 0.340 e. The van der Waals surface area contributed by atoms with Crippen molar-refractivity contribution in [3.05, 3.63) is 74.8 Å². The summed E-state index contributed by atoms with van der Waals surface area (Å²) in [6.07, 6.45) is 0.731. The summed E-state index contributed by atoms with van der Waals surface area (Å²) < 4.78 is 6.00. The topological polar surface area (TPSA) is 103 Å². The summed E-state index contributed by atoms with van der Waals surface area (Å²) in [4.78, 5) is 42.8. The van der Waals surface area contributed by atoms with Gasteiger partial charge in [-0.25, -0.2) is 9.78 Å². The Balaban J connectivity index is 1.52. The number of nitrogens with zero attached hydrogens (tertiary/aromatic N) is 3. The Labute approximate surface area is 192 Å². The lowest BCUT2D eigenvalue weighted by Gasteiger charge is -2.22. The van der Waals surface area contributed by atoms with Gasteiger partial charge in [0, 0.05) is 39.8 Å². The molecule has 8 nitrogen and oxygen atoms in total. The number of amides is 1. The average Bonchev–Trinajstić information content (AvgIpc) is 3.33. The summed E-state index contributed by atoms with van der Waals surface area (Å²) in [5.74, 6) is -1.14. The zero-order valence-corrected chi connectivity index (χ0v) is 18.9. The molecule has 1 atom stereocenters. The number of nitro groups is 1. The molecular formula is C22H19N3O5S2. The van der Waals surface area contributed by atoms with Crippen LogP contribution in [0.15, 0.2) is 57.1 Å². The summed E-state index contributed by atoms with van der Waals surface area (Å²) in [6, 6.07) is 11.6. The second kappa shape index (κ2) is 9.09. The SMILES string of the molecule is Cc1csc(Sc2ccc([N+](=O)[O-])cc2C(=O)OCC(=O)N2c3ccccc3C[C@@H]2C)n1. The maximum atomic E-state index is 12.8. The molecule has 0 spiro atoms. The number of carbonyl (C=O) groups excluding carboxylic acids is 2. The molecule has 10 heteroatoms. The number of carbonyl (C=O) groups is 2. The van der Waals surface area contributed by atoms with E-state index in [1.807, 2.05) is 43.5 Å². The lowest BCUT2D eigenvalue weighted by Crippen LogP contribution is -2.38. The van der Waals surface area contributed by atoms with Crippen molar-refractivity contribution >= 4 is 46.3 Å². The molecule has 164 valence electrons. The molecule has 0 radical (unpaired) electrons. The van der Waals surface area contributed by atoms with Crippen LogP contribution in [0, 0.1) is 17.0 Å². The van der Waals surface area contributed by atoms with Crippen LogP contribution in [0.5, 0.6) is 0 Å². The van der Waals surface area contributed by atoms with Gasteiger partial charge in [0.2, 0.25) is 0 Å². The van der Waals surface area contributed by atoms with Crippen LogP contribution in [0.3, 0.4) is 0 Å². The summed E-state index contributed by atoms with van der Waals surface area (Å²) >= 11 is 2.63. The first kappa shape index (κ1) is 22.0. The van der Waals surface area contributed by atoms with Crippen LogP contribution in [-0.4, -0.2) is 34.4 Å². The normalized spacial score (nSPS) is 14.8. The number of fused-ring (bicyclic) bond motifs is 1. The molecule has 4 rings (SSSR count). The van der Waals surface area contributed by atoms with E-state index in [2.05, 4.69) is 4.98 Å². The standard InChI is InChI=1S/C22H19N3O5S2/c1-13-12-31-22(23-13)32-19-8-7-16(25(28)29)10-17(19)21(27)30-11-20(26)24-14(2)9-15-5-3-4-6-18(15)24/h3-8,10,12,14H,9,11H2,1-2H3/t14-/m0/s1. The van der Waals surface area contributed by atoms with Crippen molar-refractivity contribution in [3.63, 3.8) is 0 Å². The highest BCUT2D eigenvalue weighted by Crippen LogP contribution is 2.35. The first-order valence-electron chi connectivity index (χ1n) is 9.79. The van der Waals surface area contributed by atoms with Gasteiger partial charge < -0.3 is 9.64 Å². The van der Waals surface area contributed by atoms with Crippen LogP contribution >= 0.6 is 23.1 Å². The van der Waals surface area contributed by atoms with Gasteiger partial charge in [0.15, 0.2) is 10.9 Å². The number of benzene rings is 2. The molecule has 2 aromatic carbocycles. The van der Waals surface area contributed by atoms with E-state index in [0.29, 0.717) is 9.24 Å². The summed E-state index contributed by atoms with van der Waals surface area (Å²) in [5.41, 5.74) is 2.52. The van der Waals surface area contributed by atoms with Crippen LogP contribution in [0.25, 0.3) is 0 Å². The third kappa shape index (κ3) is 4.51. The van der Waals surface area contributed by atoms with Gasteiger partial charge in [-0.1, -0.05) is 30.0 Å². The predicted octanol–water partition coefficient (Wildman–Crippen LogP) is 4.65. The van der Waals surface area contributed by atoms with Crippen LogP contribution in [-0.2, 0) is 16.0 Å². The molecule has 0 N–H and O–H groups in total. The second-order valence-corrected chi connectivity index (χ2v) is 9.46. The molecule has 0 aliphatic carbocycles. The van der Waals surface area contributed by atoms with Crippen molar-refractivity contribution in [1.82, 2.24) is 4.98 Å². The number of esters is 1. The average molecular weight is 470 g/mol. The van der Waals surface area contributed by atoms with Gasteiger partial charge in [-0.2, -0.15) is 0 Å². The van der Waals surface area contributed by atoms with Gasteiger partial charge in [0.25, 0.3) is 11.6 Å². The molecule has 3 aromatic rings. The Bertz CT molecular complexity index is 1210. The molecule has 1 aliphatic heterocycles. The number of rotatable bonds is 6. The number of ether oxygens (including phenoxy) is 1. The molecule has 0 unspecified atom stereocenters. The van der Waals surface area contributed by atoms with Crippen LogP contribution in [0.2, 0.25) is 0 Å². The van der Waals surface area contributed by atoms with E-state index >= 15 is 0 Å². The van der Waals surface area contributed by atoms with E-state index < -0.39 is 17.5 Å². The van der Waals surface area contributed by atoms with Gasteiger partial charge in [0.05, 0.1) is 10.5 Å². The number of hydrogen-bond acceptors (Lipinski definition) is 8. The fraction of sp³-hybridized carbons (Fsp3) is 0.227. The van der Waals surface area contributed by atoms with Crippen molar-refractivity contribution in [2.45, 2.75) is 35.5 Å². The van der Waals surface area contributed by atoms with Crippen molar-refractivity contribution in [2.75, 3.05) is 11.5 Å². The third-order valence-electron chi connectivity index (χ3n) is 4.99. The van der Waals surface area contributed by atoms with Crippen LogP contribution in [0.4, 0.5) is 11.4 Å². The minimum atomic E-state index is -0.794. The van der Waals surface area contributed by atoms with Gasteiger partial charge in [-0.05, 0) is 38.0 Å². The fourth-order valence-corrected chi connectivity index (χ4v) is 5.47. The first-order chi connectivity index (χ1) is 15.3. The Hall–Kier alpha value is -3.24. The molecule has 32 heavy (non-hydrogen) atoms. The van der Waals surface area contributed by atoms with Crippen molar-refractivity contribution in [3.8, 4) is 0 Å². The Morgan fingerprint density at radius 3 is 2.81 bits per heavy atom. The van der Waals surface area contributed by atoms with E-state index in [0.717, 1.165) is 23.4 Å². The molecule has 1 aliphatic rings. The Morgan fingerprint density at radius 2 is 2.09 bits per heavy atom. The number of aromatic nitrogens is 1. The lowest BCUT2D eigenvalue weighted by atomic mass is 10.1. The van der Waals surface area contributed by atoms with E-state index in [-0.39, 0.29) is 23.2 Å². The summed E-state index contributed by atoms with van der Waals surface area (Å²) in [5, 5.41) is 13.1. The zero-order valence-electron chi connectivity index (χ0n) is 17.3. The van der Waals surface area contributed by atoms with E-state index in [1.165, 1.54) is 41.3 Å². The molecule has 2 heterocycles. The summed E-state index contributed by atoms with van der Waals surface area (Å²) in [7, 11) is 0. The van der Waals surface area contributed by atoms with E-state index in [1.54, 1.807) is 4.90 Å². The monoisotopic (exact) mass is 469 g/mol. The fourth-order valence-electron chi connectivity index (χ4n) is 3.57. The van der Waals surface area contributed by atoms with Crippen molar-refractivity contribution in [2.24, 2.45) is 0 Å². The second-order valence-electron chi connectivity index (χ2n) is 7.32. The van der Waals surface area contributed by atoms with Crippen molar-refractivity contribution in [1.29, 1.82) is 0 Å². The molecule has 0 bridgehead atoms. The molecule has 0 saturated carbocycles. The minimum Gasteiger partial charge on any atom is -0.452 e. The number of aryl methyl sites for hydroxylation is 1. The lowest BCUT2D eigenvalue weighted by molar-refractivity contribution is -0.384. The molecule has 1 amide bonds.